The van der Waals surface area contributed by atoms with Crippen molar-refractivity contribution in [2.24, 2.45) is 0 Å². The Kier molecular flexibility index (Phi) is 5.96. The summed E-state index contributed by atoms with van der Waals surface area (Å²) in [5.41, 5.74) is 5.76. The summed E-state index contributed by atoms with van der Waals surface area (Å²) < 4.78 is 8.99. The van der Waals surface area contributed by atoms with Gasteiger partial charge in [0.25, 0.3) is 0 Å². The minimum absolute atomic E-state index is 0.0735. The number of hydrogen-bond donors (Lipinski definition) is 1. The lowest BCUT2D eigenvalue weighted by molar-refractivity contribution is -0.124. The average molecular weight is 374 g/mol. The van der Waals surface area contributed by atoms with E-state index in [1.54, 1.807) is 0 Å². The van der Waals surface area contributed by atoms with Gasteiger partial charge in [-0.1, -0.05) is 0 Å². The highest BCUT2D eigenvalue weighted by Gasteiger charge is 2.22. The molecule has 2 aromatic heterocycles. The number of amides is 1. The van der Waals surface area contributed by atoms with Crippen LogP contribution in [0.1, 0.15) is 48.2 Å². The van der Waals surface area contributed by atoms with E-state index in [0.29, 0.717) is 12.6 Å². The maximum absolute atomic E-state index is 11.5. The second-order valence-electron chi connectivity index (χ2n) is 7.46. The third-order valence-electron chi connectivity index (χ3n) is 5.02. The Morgan fingerprint density at radius 2 is 2.07 bits per heavy atom. The second kappa shape index (κ2) is 8.22. The van der Waals surface area contributed by atoms with Crippen molar-refractivity contribution >= 4 is 5.91 Å². The highest BCUT2D eigenvalue weighted by atomic mass is 16.5. The lowest BCUT2D eigenvalue weighted by Crippen LogP contribution is -2.33. The van der Waals surface area contributed by atoms with Gasteiger partial charge in [-0.25, -0.2) is 0 Å². The molecule has 1 amide bonds. The summed E-state index contributed by atoms with van der Waals surface area (Å²) in [4.78, 5) is 14.0. The van der Waals surface area contributed by atoms with E-state index < -0.39 is 0 Å². The Morgan fingerprint density at radius 1 is 1.30 bits per heavy atom. The molecular weight excluding hydrogens is 344 g/mol. The molecule has 0 atom stereocenters. The van der Waals surface area contributed by atoms with Gasteiger partial charge in [-0.2, -0.15) is 10.2 Å². The average Bonchev–Trinajstić information content (AvgIpc) is 3.15. The molecule has 0 fully saturated rings. The van der Waals surface area contributed by atoms with Gasteiger partial charge in [-0.05, 0) is 33.8 Å². The molecule has 0 spiro atoms. The summed E-state index contributed by atoms with van der Waals surface area (Å²) in [5.74, 6) is -0.127. The normalized spacial score (nSPS) is 14.6. The first-order valence-electron chi connectivity index (χ1n) is 9.47. The lowest BCUT2D eigenvalue weighted by atomic mass is 10.1. The number of nitrogens with one attached hydrogen (secondary N) is 1. The quantitative estimate of drug-likeness (QED) is 0.796. The first-order chi connectivity index (χ1) is 12.9. The number of nitrogens with zero attached hydrogens (tertiary/aromatic N) is 5. The molecule has 148 valence electrons. The molecule has 3 rings (SSSR count). The maximum atomic E-state index is 11.5. The number of methoxy groups -OCH3 is 1. The molecule has 0 unspecified atom stereocenters. The predicted molar refractivity (Wildman–Crippen MR) is 102 cm³/mol. The van der Waals surface area contributed by atoms with Crippen molar-refractivity contribution in [3.8, 4) is 0 Å². The van der Waals surface area contributed by atoms with E-state index in [2.05, 4.69) is 53.8 Å². The Bertz CT molecular complexity index is 807. The minimum atomic E-state index is -0.127. The third kappa shape index (κ3) is 4.39. The molecule has 0 saturated heterocycles. The van der Waals surface area contributed by atoms with E-state index in [0.717, 1.165) is 37.6 Å². The van der Waals surface area contributed by atoms with Crippen LogP contribution in [0.25, 0.3) is 0 Å². The van der Waals surface area contributed by atoms with Crippen LogP contribution in [0, 0.1) is 13.8 Å². The molecule has 0 saturated carbocycles. The van der Waals surface area contributed by atoms with Crippen LogP contribution in [0.15, 0.2) is 6.07 Å². The number of carbonyl (C=O) groups excluding carboxylic acids is 1. The van der Waals surface area contributed by atoms with Crippen LogP contribution in [0.3, 0.4) is 0 Å². The first-order valence-corrected chi connectivity index (χ1v) is 9.47. The van der Waals surface area contributed by atoms with E-state index in [4.69, 9.17) is 9.84 Å². The Hall–Kier alpha value is -2.19. The fourth-order valence-corrected chi connectivity index (χ4v) is 3.62. The largest absolute Gasteiger partial charge is 0.375 e. The van der Waals surface area contributed by atoms with E-state index in [9.17, 15) is 4.79 Å². The lowest BCUT2D eigenvalue weighted by Gasteiger charge is -2.27. The minimum Gasteiger partial charge on any atom is -0.375 e. The van der Waals surface area contributed by atoms with Crippen LogP contribution in [0.2, 0.25) is 0 Å². The van der Waals surface area contributed by atoms with Crippen molar-refractivity contribution in [2.45, 2.75) is 59.9 Å². The Labute approximate surface area is 160 Å². The zero-order valence-corrected chi connectivity index (χ0v) is 16.9. The van der Waals surface area contributed by atoms with E-state index in [-0.39, 0.29) is 12.5 Å². The van der Waals surface area contributed by atoms with Crippen molar-refractivity contribution in [3.63, 3.8) is 0 Å². The number of hydrogen-bond acceptors (Lipinski definition) is 5. The smallest absolute Gasteiger partial charge is 0.246 e. The summed E-state index contributed by atoms with van der Waals surface area (Å²) in [7, 11) is 1.51. The van der Waals surface area contributed by atoms with Crippen LogP contribution in [-0.2, 0) is 35.7 Å². The zero-order chi connectivity index (χ0) is 19.6. The maximum Gasteiger partial charge on any atom is 0.246 e. The van der Waals surface area contributed by atoms with Crippen molar-refractivity contribution in [2.75, 3.05) is 20.3 Å². The number of carbonyl (C=O) groups is 1. The van der Waals surface area contributed by atoms with Gasteiger partial charge in [-0.3, -0.25) is 19.1 Å². The van der Waals surface area contributed by atoms with Crippen LogP contribution in [0.5, 0.6) is 0 Å². The summed E-state index contributed by atoms with van der Waals surface area (Å²) in [6.07, 6.45) is 0. The predicted octanol–water partition coefficient (Wildman–Crippen LogP) is 1.56. The zero-order valence-electron chi connectivity index (χ0n) is 16.9. The monoisotopic (exact) mass is 374 g/mol. The molecule has 0 aromatic carbocycles. The molecule has 1 aliphatic heterocycles. The molecule has 3 heterocycles. The molecule has 27 heavy (non-hydrogen) atoms. The van der Waals surface area contributed by atoms with E-state index in [1.165, 1.54) is 24.1 Å². The van der Waals surface area contributed by atoms with E-state index in [1.807, 2.05) is 4.68 Å². The molecular formula is C19H30N6O2. The van der Waals surface area contributed by atoms with Crippen LogP contribution < -0.4 is 5.32 Å². The summed E-state index contributed by atoms with van der Waals surface area (Å²) >= 11 is 0. The number of ether oxygens (including phenoxy) is 1. The highest BCUT2D eigenvalue weighted by Crippen LogP contribution is 2.22. The van der Waals surface area contributed by atoms with Crippen molar-refractivity contribution in [1.82, 2.24) is 29.8 Å². The second-order valence-corrected chi connectivity index (χ2v) is 7.46. The Morgan fingerprint density at radius 3 is 2.74 bits per heavy atom. The van der Waals surface area contributed by atoms with Gasteiger partial charge < -0.3 is 10.1 Å². The number of rotatable bonds is 7. The summed E-state index contributed by atoms with van der Waals surface area (Å²) in [5, 5.41) is 12.1. The topological polar surface area (TPSA) is 77.2 Å². The van der Waals surface area contributed by atoms with Crippen LogP contribution in [0.4, 0.5) is 0 Å². The number of fused-ring (bicyclic) bond motifs is 1. The first kappa shape index (κ1) is 19.6. The summed E-state index contributed by atoms with van der Waals surface area (Å²) in [6.45, 7) is 12.6. The van der Waals surface area contributed by atoms with Crippen molar-refractivity contribution in [3.05, 3.63) is 34.4 Å². The third-order valence-corrected chi connectivity index (χ3v) is 5.02. The van der Waals surface area contributed by atoms with Gasteiger partial charge >= 0.3 is 0 Å². The fraction of sp³-hybridized carbons (Fsp3) is 0.632. The van der Waals surface area contributed by atoms with Crippen LogP contribution >= 0.6 is 0 Å². The summed E-state index contributed by atoms with van der Waals surface area (Å²) in [6, 6.07) is 2.45. The molecule has 0 radical (unpaired) electrons. The molecule has 1 N–H and O–H groups in total. The molecule has 8 nitrogen and oxygen atoms in total. The van der Waals surface area contributed by atoms with Crippen molar-refractivity contribution in [1.29, 1.82) is 0 Å². The van der Waals surface area contributed by atoms with Gasteiger partial charge in [0.15, 0.2) is 0 Å². The molecule has 0 bridgehead atoms. The fourth-order valence-electron chi connectivity index (χ4n) is 3.62. The van der Waals surface area contributed by atoms with E-state index >= 15 is 0 Å². The number of aryl methyl sites for hydroxylation is 1. The Balaban J connectivity index is 1.64. The van der Waals surface area contributed by atoms with Gasteiger partial charge in [0.05, 0.1) is 30.2 Å². The molecule has 8 heteroatoms. The number of aromatic nitrogens is 4. The molecule has 2 aromatic rings. The van der Waals surface area contributed by atoms with Crippen molar-refractivity contribution < 1.29 is 9.53 Å². The SMILES string of the molecule is COCC(=O)NCc1cc2n(n1)CCN(Cc1c(C)nn(C(C)C)c1C)C2. The van der Waals surface area contributed by atoms with Gasteiger partial charge in [0.1, 0.15) is 6.61 Å². The molecule has 1 aliphatic rings. The van der Waals surface area contributed by atoms with Gasteiger partial charge in [-0.15, -0.1) is 0 Å². The van der Waals surface area contributed by atoms with Gasteiger partial charge in [0, 0.05) is 44.0 Å². The highest BCUT2D eigenvalue weighted by molar-refractivity contribution is 5.77. The molecule has 0 aliphatic carbocycles. The standard InChI is InChI=1S/C19H30N6O2/c1-13(2)25-15(4)18(14(3)21-25)11-23-6-7-24-17(10-23)8-16(22-24)9-20-19(26)12-27-5/h8,13H,6-7,9-12H2,1-5H3,(H,20,26). The van der Waals surface area contributed by atoms with Gasteiger partial charge in [0.2, 0.25) is 5.91 Å². The van der Waals surface area contributed by atoms with Crippen LogP contribution in [-0.4, -0.2) is 50.6 Å².